The molecule has 0 saturated carbocycles. The van der Waals surface area contributed by atoms with E-state index in [1.54, 1.807) is 25.3 Å². The van der Waals surface area contributed by atoms with E-state index in [2.05, 4.69) is 25.3 Å². The molecule has 1 aromatic heterocycles. The van der Waals surface area contributed by atoms with Crippen molar-refractivity contribution in [2.24, 2.45) is 0 Å². The maximum Gasteiger partial charge on any atom is 0.282 e. The van der Waals surface area contributed by atoms with Crippen LogP contribution in [0.5, 0.6) is 5.75 Å². The fourth-order valence-electron chi connectivity index (χ4n) is 3.68. The van der Waals surface area contributed by atoms with Crippen LogP contribution in [0, 0.1) is 11.6 Å². The molecule has 1 amide bonds. The van der Waals surface area contributed by atoms with Crippen molar-refractivity contribution in [2.75, 3.05) is 33.3 Å². The average Bonchev–Trinajstić information content (AvgIpc) is 3.28. The zero-order valence-corrected chi connectivity index (χ0v) is 19.1. The summed E-state index contributed by atoms with van der Waals surface area (Å²) in [5.74, 6) is -0.179. The Kier molecular flexibility index (Phi) is 7.58. The highest BCUT2D eigenvalue weighted by Crippen LogP contribution is 2.22. The van der Waals surface area contributed by atoms with Crippen LogP contribution < -0.4 is 10.1 Å². The maximum absolute atomic E-state index is 13.6. The second-order valence-corrected chi connectivity index (χ2v) is 8.88. The molecular formula is C23H25F2N5O2S. The molecule has 1 saturated heterocycles. The largest absolute Gasteiger partial charge is 0.496 e. The molecule has 0 unspecified atom stereocenters. The van der Waals surface area contributed by atoms with Gasteiger partial charge in [-0.05, 0) is 35.9 Å². The first kappa shape index (κ1) is 23.2. The first-order valence-corrected chi connectivity index (χ1v) is 11.4. The van der Waals surface area contributed by atoms with Crippen LogP contribution in [0.3, 0.4) is 0 Å². The summed E-state index contributed by atoms with van der Waals surface area (Å²) in [6, 6.07) is 10.6. The number of ether oxygens (including phenoxy) is 1. The Morgan fingerprint density at radius 2 is 1.67 bits per heavy atom. The number of halogens is 2. The number of hydrogen-bond acceptors (Lipinski definition) is 7. The highest BCUT2D eigenvalue weighted by Gasteiger charge is 2.21. The lowest BCUT2D eigenvalue weighted by Crippen LogP contribution is -2.45. The summed E-state index contributed by atoms with van der Waals surface area (Å²) >= 11 is 1.27. The predicted molar refractivity (Wildman–Crippen MR) is 121 cm³/mol. The van der Waals surface area contributed by atoms with Crippen LogP contribution in [0.1, 0.15) is 25.9 Å². The van der Waals surface area contributed by atoms with E-state index in [9.17, 15) is 13.6 Å². The van der Waals surface area contributed by atoms with Gasteiger partial charge < -0.3 is 10.1 Å². The fraction of sp³-hybridized carbons (Fsp3) is 0.348. The molecule has 3 aromatic rings. The van der Waals surface area contributed by atoms with E-state index in [-0.39, 0.29) is 17.5 Å². The minimum Gasteiger partial charge on any atom is -0.496 e. The van der Waals surface area contributed by atoms with Gasteiger partial charge in [-0.3, -0.25) is 14.6 Å². The lowest BCUT2D eigenvalue weighted by molar-refractivity contribution is 0.0950. The first-order chi connectivity index (χ1) is 16.0. The van der Waals surface area contributed by atoms with Crippen molar-refractivity contribution < 1.29 is 18.3 Å². The molecule has 0 bridgehead atoms. The number of amides is 1. The molecular weight excluding hydrogens is 448 g/mol. The SMILES string of the molecule is COc1ccc(F)cc1CN1CCN(Cc2nnc(C(=O)NCc3ccc(F)cc3)s2)CC1. The number of carbonyl (C=O) groups is 1. The third-order valence-corrected chi connectivity index (χ3v) is 6.39. The van der Waals surface area contributed by atoms with Crippen molar-refractivity contribution in [1.82, 2.24) is 25.3 Å². The van der Waals surface area contributed by atoms with Crippen molar-refractivity contribution in [3.63, 3.8) is 0 Å². The number of carbonyl (C=O) groups excluding carboxylic acids is 1. The van der Waals surface area contributed by atoms with Crippen LogP contribution in [0.25, 0.3) is 0 Å². The summed E-state index contributed by atoms with van der Waals surface area (Å²) in [7, 11) is 1.59. The predicted octanol–water partition coefficient (Wildman–Crippen LogP) is 3.07. The van der Waals surface area contributed by atoms with Gasteiger partial charge in [-0.15, -0.1) is 10.2 Å². The van der Waals surface area contributed by atoms with Crippen molar-refractivity contribution in [2.45, 2.75) is 19.6 Å². The van der Waals surface area contributed by atoms with Crippen molar-refractivity contribution in [3.05, 3.63) is 75.2 Å². The number of nitrogens with one attached hydrogen (secondary N) is 1. The first-order valence-electron chi connectivity index (χ1n) is 10.6. The molecule has 1 aliphatic rings. The van der Waals surface area contributed by atoms with Crippen molar-refractivity contribution >= 4 is 17.2 Å². The summed E-state index contributed by atoms with van der Waals surface area (Å²) < 4.78 is 31.9. The molecule has 33 heavy (non-hydrogen) atoms. The van der Waals surface area contributed by atoms with E-state index in [0.717, 1.165) is 42.3 Å². The Balaban J connectivity index is 1.24. The number of rotatable bonds is 8. The highest BCUT2D eigenvalue weighted by atomic mass is 32.1. The van der Waals surface area contributed by atoms with Crippen LogP contribution in [0.15, 0.2) is 42.5 Å². The van der Waals surface area contributed by atoms with Crippen molar-refractivity contribution in [3.8, 4) is 5.75 Å². The summed E-state index contributed by atoms with van der Waals surface area (Å²) in [5, 5.41) is 12.1. The average molecular weight is 474 g/mol. The van der Waals surface area contributed by atoms with E-state index in [0.29, 0.717) is 30.4 Å². The van der Waals surface area contributed by atoms with E-state index in [4.69, 9.17) is 4.74 Å². The third kappa shape index (κ3) is 6.31. The molecule has 0 atom stereocenters. The van der Waals surface area contributed by atoms with Gasteiger partial charge >= 0.3 is 0 Å². The molecule has 1 aliphatic heterocycles. The maximum atomic E-state index is 13.6. The van der Waals surface area contributed by atoms with Gasteiger partial charge in [-0.1, -0.05) is 23.5 Å². The standard InChI is InChI=1S/C23H25F2N5O2S/c1-32-20-7-6-19(25)12-17(20)14-29-8-10-30(11-9-29)15-21-27-28-23(33-21)22(31)26-13-16-2-4-18(24)5-3-16/h2-7,12H,8-11,13-15H2,1H3,(H,26,31). The van der Waals surface area contributed by atoms with Crippen LogP contribution in [0.4, 0.5) is 8.78 Å². The van der Waals surface area contributed by atoms with E-state index in [1.807, 2.05) is 0 Å². The Morgan fingerprint density at radius 3 is 2.36 bits per heavy atom. The fourth-order valence-corrected chi connectivity index (χ4v) is 4.48. The number of aromatic nitrogens is 2. The third-order valence-electron chi connectivity index (χ3n) is 5.49. The minimum absolute atomic E-state index is 0.266. The molecule has 1 fully saturated rings. The number of piperazine rings is 1. The van der Waals surface area contributed by atoms with Gasteiger partial charge in [0.2, 0.25) is 5.01 Å². The molecule has 2 heterocycles. The molecule has 7 nitrogen and oxygen atoms in total. The molecule has 4 rings (SSSR count). The minimum atomic E-state index is -0.312. The molecule has 0 radical (unpaired) electrons. The topological polar surface area (TPSA) is 70.6 Å². The Hall–Kier alpha value is -2.95. The highest BCUT2D eigenvalue weighted by molar-refractivity contribution is 7.13. The van der Waals surface area contributed by atoms with Crippen LogP contribution in [-0.4, -0.2) is 59.2 Å². The number of nitrogens with zero attached hydrogens (tertiary/aromatic N) is 4. The zero-order valence-electron chi connectivity index (χ0n) is 18.3. The molecule has 0 spiro atoms. The van der Waals surface area contributed by atoms with E-state index >= 15 is 0 Å². The van der Waals surface area contributed by atoms with Crippen LogP contribution in [0.2, 0.25) is 0 Å². The summed E-state index contributed by atoms with van der Waals surface area (Å²) in [4.78, 5) is 16.9. The van der Waals surface area contributed by atoms with Crippen molar-refractivity contribution in [1.29, 1.82) is 0 Å². The number of hydrogen-bond donors (Lipinski definition) is 1. The monoisotopic (exact) mass is 473 g/mol. The molecule has 1 N–H and O–H groups in total. The smallest absolute Gasteiger partial charge is 0.282 e. The zero-order chi connectivity index (χ0) is 23.2. The Labute approximate surface area is 195 Å². The van der Waals surface area contributed by atoms with Gasteiger partial charge in [0.25, 0.3) is 5.91 Å². The van der Waals surface area contributed by atoms with Gasteiger partial charge in [-0.2, -0.15) is 0 Å². The number of methoxy groups -OCH3 is 1. The lowest BCUT2D eigenvalue weighted by atomic mass is 10.1. The second kappa shape index (κ2) is 10.8. The Bertz CT molecular complexity index is 1080. The van der Waals surface area contributed by atoms with Gasteiger partial charge in [0, 0.05) is 44.8 Å². The van der Waals surface area contributed by atoms with E-state index < -0.39 is 0 Å². The van der Waals surface area contributed by atoms with Gasteiger partial charge in [0.05, 0.1) is 13.7 Å². The van der Waals surface area contributed by atoms with Crippen LogP contribution >= 0.6 is 11.3 Å². The lowest BCUT2D eigenvalue weighted by Gasteiger charge is -2.34. The Morgan fingerprint density at radius 1 is 1.00 bits per heavy atom. The van der Waals surface area contributed by atoms with Gasteiger partial charge in [0.15, 0.2) is 0 Å². The summed E-state index contributed by atoms with van der Waals surface area (Å²) in [6.07, 6.45) is 0. The number of benzene rings is 2. The summed E-state index contributed by atoms with van der Waals surface area (Å²) in [5.41, 5.74) is 1.65. The second-order valence-electron chi connectivity index (χ2n) is 7.82. The normalized spacial score (nSPS) is 14.9. The van der Waals surface area contributed by atoms with E-state index in [1.165, 1.54) is 35.6 Å². The van der Waals surface area contributed by atoms with Crippen LogP contribution in [-0.2, 0) is 19.6 Å². The van der Waals surface area contributed by atoms with Gasteiger partial charge in [-0.25, -0.2) is 8.78 Å². The quantitative estimate of drug-likeness (QED) is 0.542. The molecule has 174 valence electrons. The molecule has 10 heteroatoms. The van der Waals surface area contributed by atoms with Gasteiger partial charge in [0.1, 0.15) is 22.4 Å². The molecule has 0 aliphatic carbocycles. The molecule has 2 aromatic carbocycles. The summed E-state index contributed by atoms with van der Waals surface area (Å²) in [6.45, 7) is 4.90.